The van der Waals surface area contributed by atoms with Crippen LogP contribution in [0.4, 0.5) is 5.82 Å². The first kappa shape index (κ1) is 15.0. The number of ether oxygens (including phenoxy) is 3. The van der Waals surface area contributed by atoms with E-state index in [1.807, 2.05) is 6.92 Å². The zero-order valence-corrected chi connectivity index (χ0v) is 11.8. The van der Waals surface area contributed by atoms with Gasteiger partial charge in [-0.3, -0.25) is 0 Å². The van der Waals surface area contributed by atoms with Crippen molar-refractivity contribution in [3.05, 3.63) is 11.9 Å². The standard InChI is InChI=1S/C13H22N4O3/c1-2-18-9-12-15-11(17-14)7-13(16-12)20-8-10-5-3-4-6-19-10/h7,10H,2-6,8-9,14H2,1H3,(H,15,16,17). The zero-order chi connectivity index (χ0) is 14.2. The van der Waals surface area contributed by atoms with Crippen molar-refractivity contribution in [2.24, 2.45) is 5.84 Å². The van der Waals surface area contributed by atoms with E-state index in [1.54, 1.807) is 6.07 Å². The van der Waals surface area contributed by atoms with Gasteiger partial charge in [-0.1, -0.05) is 0 Å². The summed E-state index contributed by atoms with van der Waals surface area (Å²) in [7, 11) is 0. The molecule has 7 heteroatoms. The molecule has 1 aromatic heterocycles. The second-order valence-corrected chi connectivity index (χ2v) is 4.59. The monoisotopic (exact) mass is 282 g/mol. The third kappa shape index (κ3) is 4.59. The molecule has 1 aliphatic heterocycles. The van der Waals surface area contributed by atoms with Crippen molar-refractivity contribution in [1.29, 1.82) is 0 Å². The lowest BCUT2D eigenvalue weighted by atomic mass is 10.1. The SMILES string of the molecule is CCOCc1nc(NN)cc(OCC2CCCCO2)n1. The number of nitrogens with one attached hydrogen (secondary N) is 1. The van der Waals surface area contributed by atoms with Gasteiger partial charge in [0.15, 0.2) is 5.82 Å². The second kappa shape index (κ2) is 7.98. The van der Waals surface area contributed by atoms with E-state index in [2.05, 4.69) is 15.4 Å². The fourth-order valence-electron chi connectivity index (χ4n) is 2.00. The van der Waals surface area contributed by atoms with Crippen LogP contribution >= 0.6 is 0 Å². The number of hydrogen-bond donors (Lipinski definition) is 2. The maximum Gasteiger partial charge on any atom is 0.218 e. The Morgan fingerprint density at radius 1 is 1.45 bits per heavy atom. The first-order chi connectivity index (χ1) is 9.81. The van der Waals surface area contributed by atoms with Crippen molar-refractivity contribution < 1.29 is 14.2 Å². The van der Waals surface area contributed by atoms with Crippen molar-refractivity contribution >= 4 is 5.82 Å². The van der Waals surface area contributed by atoms with Gasteiger partial charge in [-0.25, -0.2) is 10.8 Å². The third-order valence-electron chi connectivity index (χ3n) is 3.02. The maximum absolute atomic E-state index is 5.68. The zero-order valence-electron chi connectivity index (χ0n) is 11.8. The molecule has 0 amide bonds. The van der Waals surface area contributed by atoms with E-state index in [4.69, 9.17) is 20.1 Å². The molecule has 0 radical (unpaired) electrons. The van der Waals surface area contributed by atoms with Crippen molar-refractivity contribution in [1.82, 2.24) is 9.97 Å². The molecule has 0 aromatic carbocycles. The van der Waals surface area contributed by atoms with Crippen LogP contribution in [0, 0.1) is 0 Å². The van der Waals surface area contributed by atoms with Crippen LogP contribution in [0.5, 0.6) is 5.88 Å². The Bertz CT molecular complexity index is 411. The predicted octanol–water partition coefficient (Wildman–Crippen LogP) is 1.25. The lowest BCUT2D eigenvalue weighted by Gasteiger charge is -2.22. The Kier molecular flexibility index (Phi) is 5.97. The number of nitrogen functional groups attached to an aromatic ring is 1. The average Bonchev–Trinajstić information content (AvgIpc) is 2.51. The van der Waals surface area contributed by atoms with Crippen molar-refractivity contribution in [3.63, 3.8) is 0 Å². The smallest absolute Gasteiger partial charge is 0.218 e. The van der Waals surface area contributed by atoms with Crippen LogP contribution in [-0.2, 0) is 16.1 Å². The minimum Gasteiger partial charge on any atom is -0.475 e. The molecule has 0 aliphatic carbocycles. The molecule has 1 aromatic rings. The number of hydrazine groups is 1. The Labute approximate surface area is 118 Å². The molecule has 2 heterocycles. The van der Waals surface area contributed by atoms with E-state index in [0.29, 0.717) is 37.3 Å². The van der Waals surface area contributed by atoms with Crippen LogP contribution < -0.4 is 16.0 Å². The minimum atomic E-state index is 0.142. The van der Waals surface area contributed by atoms with E-state index in [1.165, 1.54) is 6.42 Å². The highest BCUT2D eigenvalue weighted by atomic mass is 16.5. The molecule has 3 N–H and O–H groups in total. The molecule has 0 saturated carbocycles. The number of hydrogen-bond acceptors (Lipinski definition) is 7. The molecule has 7 nitrogen and oxygen atoms in total. The molecule has 20 heavy (non-hydrogen) atoms. The lowest BCUT2D eigenvalue weighted by molar-refractivity contribution is -0.0120. The quantitative estimate of drug-likeness (QED) is 0.574. The van der Waals surface area contributed by atoms with Crippen LogP contribution in [0.1, 0.15) is 32.0 Å². The first-order valence-electron chi connectivity index (χ1n) is 6.98. The molecular formula is C13H22N4O3. The summed E-state index contributed by atoms with van der Waals surface area (Å²) in [5.74, 6) is 6.93. The fraction of sp³-hybridized carbons (Fsp3) is 0.692. The number of aromatic nitrogens is 2. The van der Waals surface area contributed by atoms with Crippen LogP contribution in [0.15, 0.2) is 6.07 Å². The highest BCUT2D eigenvalue weighted by Gasteiger charge is 2.15. The Morgan fingerprint density at radius 3 is 3.05 bits per heavy atom. The van der Waals surface area contributed by atoms with Gasteiger partial charge in [0.05, 0.1) is 6.10 Å². The van der Waals surface area contributed by atoms with Crippen LogP contribution in [-0.4, -0.2) is 35.9 Å². The third-order valence-corrected chi connectivity index (χ3v) is 3.02. The summed E-state index contributed by atoms with van der Waals surface area (Å²) < 4.78 is 16.6. The van der Waals surface area contributed by atoms with Gasteiger partial charge >= 0.3 is 0 Å². The summed E-state index contributed by atoms with van der Waals surface area (Å²) in [5, 5.41) is 0. The molecule has 1 saturated heterocycles. The fourth-order valence-corrected chi connectivity index (χ4v) is 2.00. The van der Waals surface area contributed by atoms with Crippen molar-refractivity contribution in [2.75, 3.05) is 25.2 Å². The van der Waals surface area contributed by atoms with Gasteiger partial charge in [0.25, 0.3) is 0 Å². The van der Waals surface area contributed by atoms with E-state index in [9.17, 15) is 0 Å². The van der Waals surface area contributed by atoms with E-state index < -0.39 is 0 Å². The molecule has 1 aliphatic rings. The van der Waals surface area contributed by atoms with Crippen molar-refractivity contribution in [3.8, 4) is 5.88 Å². The van der Waals surface area contributed by atoms with Gasteiger partial charge in [0, 0.05) is 19.3 Å². The molecule has 0 spiro atoms. The molecule has 1 unspecified atom stereocenters. The summed E-state index contributed by atoms with van der Waals surface area (Å²) in [6.07, 6.45) is 3.48. The molecule has 112 valence electrons. The van der Waals surface area contributed by atoms with Gasteiger partial charge in [0.1, 0.15) is 19.0 Å². The number of anilines is 1. The number of nitrogens with two attached hydrogens (primary N) is 1. The van der Waals surface area contributed by atoms with E-state index in [0.717, 1.165) is 19.4 Å². The summed E-state index contributed by atoms with van der Waals surface area (Å²) in [6, 6.07) is 1.66. The molecule has 0 bridgehead atoms. The highest BCUT2D eigenvalue weighted by molar-refractivity contribution is 5.36. The average molecular weight is 282 g/mol. The van der Waals surface area contributed by atoms with Gasteiger partial charge in [-0.2, -0.15) is 4.98 Å². The van der Waals surface area contributed by atoms with Gasteiger partial charge in [-0.15, -0.1) is 0 Å². The first-order valence-corrected chi connectivity index (χ1v) is 6.98. The molecular weight excluding hydrogens is 260 g/mol. The Balaban J connectivity index is 1.94. The molecule has 1 atom stereocenters. The highest BCUT2D eigenvalue weighted by Crippen LogP contribution is 2.17. The Morgan fingerprint density at radius 2 is 2.35 bits per heavy atom. The normalized spacial score (nSPS) is 18.8. The summed E-state index contributed by atoms with van der Waals surface area (Å²) in [6.45, 7) is 4.17. The van der Waals surface area contributed by atoms with E-state index in [-0.39, 0.29) is 6.10 Å². The summed E-state index contributed by atoms with van der Waals surface area (Å²) in [4.78, 5) is 8.49. The van der Waals surface area contributed by atoms with E-state index >= 15 is 0 Å². The largest absolute Gasteiger partial charge is 0.475 e. The van der Waals surface area contributed by atoms with Gasteiger partial charge in [-0.05, 0) is 26.2 Å². The predicted molar refractivity (Wildman–Crippen MR) is 74.3 cm³/mol. The lowest BCUT2D eigenvalue weighted by Crippen LogP contribution is -2.26. The number of nitrogens with zero attached hydrogens (tertiary/aromatic N) is 2. The Hall–Kier alpha value is -1.44. The topological polar surface area (TPSA) is 91.5 Å². The molecule has 1 fully saturated rings. The van der Waals surface area contributed by atoms with Gasteiger partial charge < -0.3 is 19.6 Å². The van der Waals surface area contributed by atoms with Crippen LogP contribution in [0.3, 0.4) is 0 Å². The van der Waals surface area contributed by atoms with Gasteiger partial charge in [0.2, 0.25) is 5.88 Å². The second-order valence-electron chi connectivity index (χ2n) is 4.59. The maximum atomic E-state index is 5.68. The summed E-state index contributed by atoms with van der Waals surface area (Å²) in [5.41, 5.74) is 2.50. The minimum absolute atomic E-state index is 0.142. The van der Waals surface area contributed by atoms with Crippen molar-refractivity contribution in [2.45, 2.75) is 38.9 Å². The molecule has 2 rings (SSSR count). The van der Waals surface area contributed by atoms with Crippen LogP contribution in [0.25, 0.3) is 0 Å². The summed E-state index contributed by atoms with van der Waals surface area (Å²) >= 11 is 0. The number of rotatable bonds is 7. The van der Waals surface area contributed by atoms with Crippen LogP contribution in [0.2, 0.25) is 0 Å².